The van der Waals surface area contributed by atoms with Gasteiger partial charge in [0.2, 0.25) is 0 Å². The SMILES string of the molecule is CCCn1c(-c2cc(Cl)ccc2C)n[nH]c1=S. The molecule has 2 rings (SSSR count). The molecule has 17 heavy (non-hydrogen) atoms. The second-order valence-corrected chi connectivity index (χ2v) is 4.79. The number of hydrogen-bond acceptors (Lipinski definition) is 2. The molecule has 0 radical (unpaired) electrons. The van der Waals surface area contributed by atoms with Gasteiger partial charge in [-0.25, -0.2) is 0 Å². The summed E-state index contributed by atoms with van der Waals surface area (Å²) in [5, 5.41) is 7.84. The third-order valence-corrected chi connectivity index (χ3v) is 3.19. The highest BCUT2D eigenvalue weighted by Gasteiger charge is 2.11. The molecule has 1 aromatic heterocycles. The van der Waals surface area contributed by atoms with Crippen LogP contribution in [0.15, 0.2) is 18.2 Å². The lowest BCUT2D eigenvalue weighted by molar-refractivity contribution is 0.674. The Hall–Kier alpha value is -1.13. The van der Waals surface area contributed by atoms with E-state index in [0.717, 1.165) is 29.9 Å². The molecule has 0 bridgehead atoms. The van der Waals surface area contributed by atoms with Crippen LogP contribution < -0.4 is 0 Å². The van der Waals surface area contributed by atoms with Gasteiger partial charge in [0, 0.05) is 17.1 Å². The number of hydrogen-bond donors (Lipinski definition) is 1. The van der Waals surface area contributed by atoms with Gasteiger partial charge in [-0.15, -0.1) is 0 Å². The summed E-state index contributed by atoms with van der Waals surface area (Å²) >= 11 is 11.3. The van der Waals surface area contributed by atoms with Gasteiger partial charge in [0.25, 0.3) is 0 Å². The zero-order chi connectivity index (χ0) is 12.4. The minimum Gasteiger partial charge on any atom is -0.300 e. The normalized spacial score (nSPS) is 10.8. The second-order valence-electron chi connectivity index (χ2n) is 3.96. The first kappa shape index (κ1) is 12.3. The van der Waals surface area contributed by atoms with Crippen molar-refractivity contribution in [3.8, 4) is 11.4 Å². The van der Waals surface area contributed by atoms with E-state index in [1.54, 1.807) is 0 Å². The Morgan fingerprint density at radius 2 is 2.24 bits per heavy atom. The molecule has 0 spiro atoms. The highest BCUT2D eigenvalue weighted by molar-refractivity contribution is 7.71. The standard InChI is InChI=1S/C12H14ClN3S/c1-3-6-16-11(14-15-12(16)17)10-7-9(13)5-4-8(10)2/h4-5,7H,3,6H2,1-2H3,(H,15,17). The number of aromatic amines is 1. The third kappa shape index (κ3) is 2.42. The maximum Gasteiger partial charge on any atom is 0.195 e. The number of aromatic nitrogens is 3. The molecular formula is C12H14ClN3S. The summed E-state index contributed by atoms with van der Waals surface area (Å²) in [7, 11) is 0. The van der Waals surface area contributed by atoms with Crippen LogP contribution in [0.3, 0.4) is 0 Å². The highest BCUT2D eigenvalue weighted by atomic mass is 35.5. The molecule has 0 unspecified atom stereocenters. The van der Waals surface area contributed by atoms with Gasteiger partial charge < -0.3 is 4.57 Å². The van der Waals surface area contributed by atoms with Crippen molar-refractivity contribution in [3.05, 3.63) is 33.6 Å². The van der Waals surface area contributed by atoms with Crippen LogP contribution in [0.1, 0.15) is 18.9 Å². The predicted octanol–water partition coefficient (Wildman–Crippen LogP) is 3.98. The van der Waals surface area contributed by atoms with Crippen LogP contribution in [0.5, 0.6) is 0 Å². The van der Waals surface area contributed by atoms with Crippen LogP contribution in [0, 0.1) is 11.7 Å². The summed E-state index contributed by atoms with van der Waals surface area (Å²) in [6, 6.07) is 5.80. The molecule has 2 aromatic rings. The summed E-state index contributed by atoms with van der Waals surface area (Å²) in [6.45, 7) is 5.01. The van der Waals surface area contributed by atoms with Crippen LogP contribution in [-0.4, -0.2) is 14.8 Å². The molecule has 90 valence electrons. The van der Waals surface area contributed by atoms with E-state index < -0.39 is 0 Å². The van der Waals surface area contributed by atoms with Gasteiger partial charge in [0.15, 0.2) is 10.6 Å². The molecule has 1 heterocycles. The molecule has 0 aliphatic heterocycles. The Balaban J connectivity index is 2.60. The Morgan fingerprint density at radius 1 is 1.47 bits per heavy atom. The summed E-state index contributed by atoms with van der Waals surface area (Å²) < 4.78 is 2.66. The van der Waals surface area contributed by atoms with Crippen LogP contribution in [0.4, 0.5) is 0 Å². The Morgan fingerprint density at radius 3 is 2.94 bits per heavy atom. The monoisotopic (exact) mass is 267 g/mol. The van der Waals surface area contributed by atoms with Gasteiger partial charge in [0.1, 0.15) is 0 Å². The summed E-state index contributed by atoms with van der Waals surface area (Å²) in [4.78, 5) is 0. The molecule has 0 amide bonds. The highest BCUT2D eigenvalue weighted by Crippen LogP contribution is 2.25. The Kier molecular flexibility index (Phi) is 3.64. The molecule has 0 saturated heterocycles. The number of benzene rings is 1. The maximum absolute atomic E-state index is 6.03. The average Bonchev–Trinajstić information content (AvgIpc) is 2.65. The molecule has 0 aliphatic carbocycles. The van der Waals surface area contributed by atoms with Crippen LogP contribution in [-0.2, 0) is 6.54 Å². The summed E-state index contributed by atoms with van der Waals surface area (Å²) in [5.74, 6) is 0.858. The average molecular weight is 268 g/mol. The van der Waals surface area contributed by atoms with Gasteiger partial charge in [-0.05, 0) is 43.3 Å². The van der Waals surface area contributed by atoms with Crippen molar-refractivity contribution in [2.75, 3.05) is 0 Å². The van der Waals surface area contributed by atoms with Gasteiger partial charge in [-0.3, -0.25) is 5.10 Å². The van der Waals surface area contributed by atoms with Crippen molar-refractivity contribution in [1.82, 2.24) is 14.8 Å². The van der Waals surface area contributed by atoms with Crippen molar-refractivity contribution in [3.63, 3.8) is 0 Å². The van der Waals surface area contributed by atoms with Crippen molar-refractivity contribution in [2.45, 2.75) is 26.8 Å². The Bertz CT molecular complexity index is 586. The number of H-pyrrole nitrogens is 1. The smallest absolute Gasteiger partial charge is 0.195 e. The third-order valence-electron chi connectivity index (χ3n) is 2.65. The lowest BCUT2D eigenvalue weighted by Gasteiger charge is -2.08. The first-order chi connectivity index (χ1) is 8.13. The molecule has 5 heteroatoms. The number of rotatable bonds is 3. The van der Waals surface area contributed by atoms with E-state index in [4.69, 9.17) is 23.8 Å². The number of halogens is 1. The van der Waals surface area contributed by atoms with E-state index in [1.807, 2.05) is 29.7 Å². The van der Waals surface area contributed by atoms with E-state index in [-0.39, 0.29) is 0 Å². The van der Waals surface area contributed by atoms with Gasteiger partial charge in [0.05, 0.1) is 0 Å². The van der Waals surface area contributed by atoms with E-state index in [9.17, 15) is 0 Å². The second kappa shape index (κ2) is 5.02. The van der Waals surface area contributed by atoms with Gasteiger partial charge in [-0.1, -0.05) is 24.6 Å². The topological polar surface area (TPSA) is 33.6 Å². The molecule has 1 aromatic carbocycles. The quantitative estimate of drug-likeness (QED) is 0.854. The van der Waals surface area contributed by atoms with Gasteiger partial charge >= 0.3 is 0 Å². The number of nitrogens with one attached hydrogen (secondary N) is 1. The molecular weight excluding hydrogens is 254 g/mol. The first-order valence-corrected chi connectivity index (χ1v) is 6.34. The molecule has 1 N–H and O–H groups in total. The molecule has 3 nitrogen and oxygen atoms in total. The van der Waals surface area contributed by atoms with Gasteiger partial charge in [-0.2, -0.15) is 5.10 Å². The predicted molar refractivity (Wildman–Crippen MR) is 72.9 cm³/mol. The van der Waals surface area contributed by atoms with E-state index >= 15 is 0 Å². The van der Waals surface area contributed by atoms with Crippen LogP contribution >= 0.6 is 23.8 Å². The van der Waals surface area contributed by atoms with E-state index in [2.05, 4.69) is 17.1 Å². The minimum atomic E-state index is 0.654. The maximum atomic E-state index is 6.03. The molecule has 0 atom stereocenters. The molecule has 0 aliphatic rings. The summed E-state index contributed by atoms with van der Waals surface area (Å²) in [6.07, 6.45) is 1.01. The van der Waals surface area contributed by atoms with Crippen molar-refractivity contribution >= 4 is 23.8 Å². The molecule has 0 saturated carbocycles. The zero-order valence-electron chi connectivity index (χ0n) is 9.83. The van der Waals surface area contributed by atoms with Crippen molar-refractivity contribution < 1.29 is 0 Å². The largest absolute Gasteiger partial charge is 0.300 e. The van der Waals surface area contributed by atoms with Crippen LogP contribution in [0.2, 0.25) is 5.02 Å². The molecule has 0 fully saturated rings. The van der Waals surface area contributed by atoms with E-state index in [0.29, 0.717) is 9.79 Å². The van der Waals surface area contributed by atoms with Crippen molar-refractivity contribution in [2.24, 2.45) is 0 Å². The minimum absolute atomic E-state index is 0.654. The lowest BCUT2D eigenvalue weighted by Crippen LogP contribution is -2.00. The lowest BCUT2D eigenvalue weighted by atomic mass is 10.1. The Labute approximate surface area is 110 Å². The van der Waals surface area contributed by atoms with Crippen LogP contribution in [0.25, 0.3) is 11.4 Å². The van der Waals surface area contributed by atoms with Crippen molar-refractivity contribution in [1.29, 1.82) is 0 Å². The fourth-order valence-corrected chi connectivity index (χ4v) is 2.18. The first-order valence-electron chi connectivity index (χ1n) is 5.55. The number of aryl methyl sites for hydroxylation is 1. The fourth-order valence-electron chi connectivity index (χ4n) is 1.79. The summed E-state index contributed by atoms with van der Waals surface area (Å²) in [5.41, 5.74) is 2.17. The number of nitrogens with zero attached hydrogens (tertiary/aromatic N) is 2. The zero-order valence-corrected chi connectivity index (χ0v) is 11.4. The van der Waals surface area contributed by atoms with E-state index in [1.165, 1.54) is 0 Å². The fraction of sp³-hybridized carbons (Fsp3) is 0.333.